The van der Waals surface area contributed by atoms with Gasteiger partial charge in [-0.15, -0.1) is 10.2 Å². The van der Waals surface area contributed by atoms with Crippen molar-refractivity contribution in [1.29, 1.82) is 0 Å². The van der Waals surface area contributed by atoms with Crippen molar-refractivity contribution < 1.29 is 9.53 Å². The Hall–Kier alpha value is -3.41. The highest BCUT2D eigenvalue weighted by Gasteiger charge is 2.13. The van der Waals surface area contributed by atoms with Crippen molar-refractivity contribution in [2.45, 2.75) is 13.8 Å². The number of carbonyl (C=O) groups excluding carboxylic acids is 1. The zero-order valence-electron chi connectivity index (χ0n) is 16.3. The van der Waals surface area contributed by atoms with Crippen LogP contribution >= 0.6 is 0 Å². The summed E-state index contributed by atoms with van der Waals surface area (Å²) in [6.45, 7) is 5.32. The van der Waals surface area contributed by atoms with Gasteiger partial charge in [-0.1, -0.05) is 18.2 Å². The lowest BCUT2D eigenvalue weighted by molar-refractivity contribution is 0.0773. The molecule has 1 heterocycles. The maximum absolute atomic E-state index is 12.5. The molecule has 3 rings (SSSR count). The van der Waals surface area contributed by atoms with Gasteiger partial charge in [0.2, 0.25) is 0 Å². The van der Waals surface area contributed by atoms with E-state index >= 15 is 0 Å². The first-order chi connectivity index (χ1) is 13.7. The number of hydrogen-bond acceptors (Lipinski definition) is 5. The van der Waals surface area contributed by atoms with Crippen LogP contribution in [0.3, 0.4) is 0 Å². The first-order valence-corrected chi connectivity index (χ1v) is 9.29. The molecule has 0 aliphatic heterocycles. The van der Waals surface area contributed by atoms with Gasteiger partial charge in [-0.05, 0) is 56.3 Å². The van der Waals surface area contributed by atoms with E-state index in [0.717, 1.165) is 22.7 Å². The molecule has 1 amide bonds. The lowest BCUT2D eigenvalue weighted by atomic mass is 10.1. The van der Waals surface area contributed by atoms with Crippen LogP contribution in [0.4, 0.5) is 11.5 Å². The Morgan fingerprint density at radius 3 is 2.46 bits per heavy atom. The van der Waals surface area contributed by atoms with Crippen LogP contribution in [0.15, 0.2) is 60.7 Å². The van der Waals surface area contributed by atoms with Crippen molar-refractivity contribution in [3.8, 4) is 17.0 Å². The van der Waals surface area contributed by atoms with Gasteiger partial charge in [-0.2, -0.15) is 0 Å². The second kappa shape index (κ2) is 8.99. The van der Waals surface area contributed by atoms with Gasteiger partial charge in [0.15, 0.2) is 5.82 Å². The number of ether oxygens (including phenoxy) is 1. The van der Waals surface area contributed by atoms with E-state index in [1.807, 2.05) is 74.5 Å². The van der Waals surface area contributed by atoms with E-state index in [1.54, 1.807) is 12.0 Å². The van der Waals surface area contributed by atoms with Gasteiger partial charge in [0.25, 0.3) is 5.91 Å². The van der Waals surface area contributed by atoms with Crippen LogP contribution in [0.5, 0.6) is 5.75 Å². The number of carbonyl (C=O) groups is 1. The zero-order chi connectivity index (χ0) is 19.9. The Bertz CT molecular complexity index is 937. The molecule has 0 aliphatic rings. The molecule has 1 N–H and O–H groups in total. The first-order valence-electron chi connectivity index (χ1n) is 9.29. The molecule has 6 nitrogen and oxygen atoms in total. The van der Waals surface area contributed by atoms with Crippen LogP contribution in [-0.2, 0) is 0 Å². The quantitative estimate of drug-likeness (QED) is 0.663. The summed E-state index contributed by atoms with van der Waals surface area (Å²) in [6.07, 6.45) is 0. The van der Waals surface area contributed by atoms with Crippen molar-refractivity contribution in [2.75, 3.05) is 25.5 Å². The maximum atomic E-state index is 12.5. The van der Waals surface area contributed by atoms with E-state index in [1.165, 1.54) is 0 Å². The van der Waals surface area contributed by atoms with E-state index in [4.69, 9.17) is 4.74 Å². The molecule has 0 atom stereocenters. The number of nitrogens with one attached hydrogen (secondary N) is 1. The number of amides is 1. The number of nitrogens with zero attached hydrogens (tertiary/aromatic N) is 3. The molecule has 28 heavy (non-hydrogen) atoms. The molecule has 1 aromatic heterocycles. The lowest BCUT2D eigenvalue weighted by Gasteiger charge is -2.19. The molecule has 0 radical (unpaired) electrons. The second-order valence-corrected chi connectivity index (χ2v) is 6.19. The molecule has 0 saturated heterocycles. The number of para-hydroxylation sites is 1. The van der Waals surface area contributed by atoms with E-state index < -0.39 is 0 Å². The molecule has 0 spiro atoms. The summed E-state index contributed by atoms with van der Waals surface area (Å²) in [7, 11) is 1.63. The van der Waals surface area contributed by atoms with Gasteiger partial charge in [-0.25, -0.2) is 0 Å². The van der Waals surface area contributed by atoms with Crippen molar-refractivity contribution >= 4 is 17.4 Å². The number of benzene rings is 2. The minimum Gasteiger partial charge on any atom is -0.496 e. The summed E-state index contributed by atoms with van der Waals surface area (Å²) >= 11 is 0. The van der Waals surface area contributed by atoms with Gasteiger partial charge in [-0.3, -0.25) is 4.79 Å². The Morgan fingerprint density at radius 2 is 1.79 bits per heavy atom. The van der Waals surface area contributed by atoms with Crippen molar-refractivity contribution in [2.24, 2.45) is 0 Å². The summed E-state index contributed by atoms with van der Waals surface area (Å²) in [4.78, 5) is 14.3. The first kappa shape index (κ1) is 19.4. The molecule has 0 saturated carbocycles. The summed E-state index contributed by atoms with van der Waals surface area (Å²) < 4.78 is 5.38. The Kier molecular flexibility index (Phi) is 6.22. The molecule has 2 aromatic carbocycles. The monoisotopic (exact) mass is 376 g/mol. The number of anilines is 2. The third-order valence-corrected chi connectivity index (χ3v) is 4.48. The predicted molar refractivity (Wildman–Crippen MR) is 111 cm³/mol. The Balaban J connectivity index is 1.78. The van der Waals surface area contributed by atoms with Crippen molar-refractivity contribution in [3.63, 3.8) is 0 Å². The predicted octanol–water partition coefficient (Wildman–Crippen LogP) is 4.38. The maximum Gasteiger partial charge on any atom is 0.253 e. The fourth-order valence-corrected chi connectivity index (χ4v) is 2.97. The minimum absolute atomic E-state index is 0.0197. The van der Waals surface area contributed by atoms with Crippen LogP contribution in [0.1, 0.15) is 24.2 Å². The van der Waals surface area contributed by atoms with Gasteiger partial charge in [0.1, 0.15) is 5.75 Å². The number of aromatic nitrogens is 2. The van der Waals surface area contributed by atoms with Gasteiger partial charge in [0.05, 0.1) is 12.8 Å². The van der Waals surface area contributed by atoms with Crippen LogP contribution in [0, 0.1) is 0 Å². The normalized spacial score (nSPS) is 10.4. The molecule has 6 heteroatoms. The molecule has 3 aromatic rings. The topological polar surface area (TPSA) is 67.4 Å². The van der Waals surface area contributed by atoms with E-state index in [-0.39, 0.29) is 5.91 Å². The molecule has 0 unspecified atom stereocenters. The highest BCUT2D eigenvalue weighted by molar-refractivity contribution is 5.95. The third-order valence-electron chi connectivity index (χ3n) is 4.48. The SMILES string of the molecule is CCN(CC)C(=O)c1cccc(Nc2ccc(-c3ccccc3OC)nn2)c1. The zero-order valence-corrected chi connectivity index (χ0v) is 16.3. The average Bonchev–Trinajstić information content (AvgIpc) is 2.75. The minimum atomic E-state index is 0.0197. The lowest BCUT2D eigenvalue weighted by Crippen LogP contribution is -2.30. The van der Waals surface area contributed by atoms with E-state index in [2.05, 4.69) is 15.5 Å². The van der Waals surface area contributed by atoms with Crippen molar-refractivity contribution in [1.82, 2.24) is 15.1 Å². The van der Waals surface area contributed by atoms with Crippen LogP contribution in [0.2, 0.25) is 0 Å². The highest BCUT2D eigenvalue weighted by Crippen LogP contribution is 2.28. The van der Waals surface area contributed by atoms with Crippen molar-refractivity contribution in [3.05, 3.63) is 66.2 Å². The highest BCUT2D eigenvalue weighted by atomic mass is 16.5. The van der Waals surface area contributed by atoms with Gasteiger partial charge < -0.3 is 15.0 Å². The number of hydrogen-bond donors (Lipinski definition) is 1. The fourth-order valence-electron chi connectivity index (χ4n) is 2.97. The molecular weight excluding hydrogens is 352 g/mol. The molecule has 0 bridgehead atoms. The number of methoxy groups -OCH3 is 1. The second-order valence-electron chi connectivity index (χ2n) is 6.19. The molecular formula is C22H24N4O2. The molecule has 0 aliphatic carbocycles. The third kappa shape index (κ3) is 4.28. The average molecular weight is 376 g/mol. The summed E-state index contributed by atoms with van der Waals surface area (Å²) in [5.41, 5.74) is 3.05. The van der Waals surface area contributed by atoms with E-state index in [0.29, 0.717) is 24.5 Å². The smallest absolute Gasteiger partial charge is 0.253 e. The standard InChI is InChI=1S/C22H24N4O2/c1-4-26(5-2)22(27)16-9-8-10-17(15-16)23-21-14-13-19(24-25-21)18-11-6-7-12-20(18)28-3/h6-15H,4-5H2,1-3H3,(H,23,25). The summed E-state index contributed by atoms with van der Waals surface area (Å²) in [6, 6.07) is 18.8. The Morgan fingerprint density at radius 1 is 1.00 bits per heavy atom. The van der Waals surface area contributed by atoms with Crippen LogP contribution in [0.25, 0.3) is 11.3 Å². The van der Waals surface area contributed by atoms with Gasteiger partial charge in [0, 0.05) is 29.9 Å². The van der Waals surface area contributed by atoms with Gasteiger partial charge >= 0.3 is 0 Å². The summed E-state index contributed by atoms with van der Waals surface area (Å²) in [5.74, 6) is 1.37. The molecule has 144 valence electrons. The summed E-state index contributed by atoms with van der Waals surface area (Å²) in [5, 5.41) is 11.8. The fraction of sp³-hybridized carbons (Fsp3) is 0.227. The number of rotatable bonds is 7. The van der Waals surface area contributed by atoms with Crippen LogP contribution in [-0.4, -0.2) is 41.2 Å². The Labute approximate surface area is 165 Å². The molecule has 0 fully saturated rings. The largest absolute Gasteiger partial charge is 0.496 e. The van der Waals surface area contributed by atoms with Crippen LogP contribution < -0.4 is 10.1 Å². The van der Waals surface area contributed by atoms with E-state index in [9.17, 15) is 4.79 Å².